The molecule has 3 aromatic rings. The zero-order valence-electron chi connectivity index (χ0n) is 12.0. The SMILES string of the molecule is CCNc1nc(-c2ccc(F)cc2)nc2sc(CC)cc12. The van der Waals surface area contributed by atoms with Crippen molar-refractivity contribution in [3.63, 3.8) is 0 Å². The molecule has 0 fully saturated rings. The monoisotopic (exact) mass is 301 g/mol. The third-order valence-corrected chi connectivity index (χ3v) is 4.41. The Bertz CT molecular complexity index is 765. The molecule has 1 aromatic carbocycles. The van der Waals surface area contributed by atoms with Gasteiger partial charge in [-0.15, -0.1) is 11.3 Å². The van der Waals surface area contributed by atoms with E-state index in [0.717, 1.165) is 34.6 Å². The molecule has 0 radical (unpaired) electrons. The van der Waals surface area contributed by atoms with Crippen LogP contribution >= 0.6 is 11.3 Å². The van der Waals surface area contributed by atoms with E-state index in [-0.39, 0.29) is 5.82 Å². The second-order valence-corrected chi connectivity index (χ2v) is 5.83. The molecule has 2 aromatic heterocycles. The molecule has 0 amide bonds. The van der Waals surface area contributed by atoms with Gasteiger partial charge in [-0.3, -0.25) is 0 Å². The van der Waals surface area contributed by atoms with Crippen molar-refractivity contribution in [3.05, 3.63) is 41.0 Å². The van der Waals surface area contributed by atoms with Gasteiger partial charge < -0.3 is 5.32 Å². The third kappa shape index (κ3) is 2.74. The minimum absolute atomic E-state index is 0.254. The lowest BCUT2D eigenvalue weighted by molar-refractivity contribution is 0.628. The molecule has 0 saturated carbocycles. The number of rotatable bonds is 4. The Hall–Kier alpha value is -2.01. The summed E-state index contributed by atoms with van der Waals surface area (Å²) in [5.74, 6) is 1.22. The molecule has 3 rings (SSSR count). The van der Waals surface area contributed by atoms with Gasteiger partial charge in [0.25, 0.3) is 0 Å². The van der Waals surface area contributed by atoms with Crippen molar-refractivity contribution in [2.24, 2.45) is 0 Å². The molecule has 0 aliphatic heterocycles. The predicted molar refractivity (Wildman–Crippen MR) is 86.4 cm³/mol. The second-order valence-electron chi connectivity index (χ2n) is 4.72. The predicted octanol–water partition coefficient (Wildman–Crippen LogP) is 4.49. The number of benzene rings is 1. The van der Waals surface area contributed by atoms with Crippen molar-refractivity contribution >= 4 is 27.4 Å². The third-order valence-electron chi connectivity index (χ3n) is 3.24. The summed E-state index contributed by atoms with van der Waals surface area (Å²) < 4.78 is 13.1. The molecule has 0 aliphatic carbocycles. The Balaban J connectivity index is 2.16. The second kappa shape index (κ2) is 5.77. The summed E-state index contributed by atoms with van der Waals surface area (Å²) in [6, 6.07) is 8.43. The number of nitrogens with one attached hydrogen (secondary N) is 1. The first-order chi connectivity index (χ1) is 10.2. The van der Waals surface area contributed by atoms with Crippen LogP contribution in [0.4, 0.5) is 10.2 Å². The highest BCUT2D eigenvalue weighted by Gasteiger charge is 2.12. The first-order valence-corrected chi connectivity index (χ1v) is 7.83. The molecular formula is C16H16FN3S. The summed E-state index contributed by atoms with van der Waals surface area (Å²) in [6.45, 7) is 4.97. The molecule has 0 saturated heterocycles. The highest BCUT2D eigenvalue weighted by Crippen LogP contribution is 2.31. The van der Waals surface area contributed by atoms with Crippen LogP contribution in [-0.2, 0) is 6.42 Å². The summed E-state index contributed by atoms with van der Waals surface area (Å²) in [6.07, 6.45) is 0.985. The topological polar surface area (TPSA) is 37.8 Å². The number of thiophene rings is 1. The van der Waals surface area contributed by atoms with Gasteiger partial charge in [0.05, 0.1) is 5.39 Å². The maximum atomic E-state index is 13.1. The van der Waals surface area contributed by atoms with E-state index in [1.54, 1.807) is 23.5 Å². The first-order valence-electron chi connectivity index (χ1n) is 7.01. The maximum Gasteiger partial charge on any atom is 0.163 e. The van der Waals surface area contributed by atoms with Crippen molar-refractivity contribution in [1.29, 1.82) is 0 Å². The average Bonchev–Trinajstić information content (AvgIpc) is 2.91. The Kier molecular flexibility index (Phi) is 3.84. The summed E-state index contributed by atoms with van der Waals surface area (Å²) in [4.78, 5) is 11.5. The van der Waals surface area contributed by atoms with Crippen LogP contribution in [0.15, 0.2) is 30.3 Å². The molecule has 3 nitrogen and oxygen atoms in total. The maximum absolute atomic E-state index is 13.1. The smallest absolute Gasteiger partial charge is 0.163 e. The number of anilines is 1. The molecule has 5 heteroatoms. The van der Waals surface area contributed by atoms with Crippen LogP contribution < -0.4 is 5.32 Å². The molecule has 1 N–H and O–H groups in total. The zero-order chi connectivity index (χ0) is 14.8. The Morgan fingerprint density at radius 3 is 2.57 bits per heavy atom. The number of aromatic nitrogens is 2. The number of fused-ring (bicyclic) bond motifs is 1. The van der Waals surface area contributed by atoms with Gasteiger partial charge in [0.1, 0.15) is 16.5 Å². The van der Waals surface area contributed by atoms with Crippen LogP contribution in [0.3, 0.4) is 0 Å². The van der Waals surface area contributed by atoms with Crippen molar-refractivity contribution in [2.45, 2.75) is 20.3 Å². The van der Waals surface area contributed by atoms with Crippen molar-refractivity contribution < 1.29 is 4.39 Å². The standard InChI is InChI=1S/C16H16FN3S/c1-3-12-9-13-15(18-4-2)19-14(20-16(13)21-12)10-5-7-11(17)8-6-10/h5-9H,3-4H2,1-2H3,(H,18,19,20). The Labute approximate surface area is 126 Å². The van der Waals surface area contributed by atoms with Crippen LogP contribution in [0, 0.1) is 5.82 Å². The Morgan fingerprint density at radius 1 is 1.14 bits per heavy atom. The average molecular weight is 301 g/mol. The lowest BCUT2D eigenvalue weighted by Crippen LogP contribution is -2.01. The van der Waals surface area contributed by atoms with Crippen LogP contribution in [0.25, 0.3) is 21.6 Å². The minimum atomic E-state index is -0.254. The molecule has 21 heavy (non-hydrogen) atoms. The van der Waals surface area contributed by atoms with E-state index in [0.29, 0.717) is 5.82 Å². The Morgan fingerprint density at radius 2 is 1.90 bits per heavy atom. The van der Waals surface area contributed by atoms with E-state index in [4.69, 9.17) is 0 Å². The fraction of sp³-hybridized carbons (Fsp3) is 0.250. The lowest BCUT2D eigenvalue weighted by atomic mass is 10.2. The summed E-state index contributed by atoms with van der Waals surface area (Å²) in [5.41, 5.74) is 0.823. The fourth-order valence-corrected chi connectivity index (χ4v) is 3.14. The minimum Gasteiger partial charge on any atom is -0.370 e. The number of hydrogen-bond donors (Lipinski definition) is 1. The molecule has 0 unspecified atom stereocenters. The van der Waals surface area contributed by atoms with Gasteiger partial charge in [0.15, 0.2) is 5.82 Å². The van der Waals surface area contributed by atoms with Gasteiger partial charge in [-0.2, -0.15) is 0 Å². The van der Waals surface area contributed by atoms with Gasteiger partial charge in [-0.1, -0.05) is 6.92 Å². The van der Waals surface area contributed by atoms with Crippen LogP contribution in [0.1, 0.15) is 18.7 Å². The van der Waals surface area contributed by atoms with Gasteiger partial charge in [0.2, 0.25) is 0 Å². The van der Waals surface area contributed by atoms with E-state index in [1.807, 2.05) is 6.92 Å². The quantitative estimate of drug-likeness (QED) is 0.771. The summed E-state index contributed by atoms with van der Waals surface area (Å²) in [5, 5.41) is 4.35. The molecule has 0 spiro atoms. The summed E-state index contributed by atoms with van der Waals surface area (Å²) in [7, 11) is 0. The van der Waals surface area contributed by atoms with E-state index >= 15 is 0 Å². The molecule has 0 atom stereocenters. The van der Waals surface area contributed by atoms with E-state index in [1.165, 1.54) is 17.0 Å². The zero-order valence-corrected chi connectivity index (χ0v) is 12.8. The fourth-order valence-electron chi connectivity index (χ4n) is 2.18. The van der Waals surface area contributed by atoms with E-state index in [9.17, 15) is 4.39 Å². The highest BCUT2D eigenvalue weighted by atomic mass is 32.1. The van der Waals surface area contributed by atoms with Gasteiger partial charge in [0, 0.05) is 17.0 Å². The number of hydrogen-bond acceptors (Lipinski definition) is 4. The highest BCUT2D eigenvalue weighted by molar-refractivity contribution is 7.18. The largest absolute Gasteiger partial charge is 0.370 e. The van der Waals surface area contributed by atoms with Crippen LogP contribution in [-0.4, -0.2) is 16.5 Å². The summed E-state index contributed by atoms with van der Waals surface area (Å²) >= 11 is 1.68. The first kappa shape index (κ1) is 13.9. The van der Waals surface area contributed by atoms with Crippen molar-refractivity contribution in [2.75, 3.05) is 11.9 Å². The van der Waals surface area contributed by atoms with Gasteiger partial charge in [-0.25, -0.2) is 14.4 Å². The van der Waals surface area contributed by atoms with Crippen LogP contribution in [0.2, 0.25) is 0 Å². The van der Waals surface area contributed by atoms with Crippen molar-refractivity contribution in [3.8, 4) is 11.4 Å². The van der Waals surface area contributed by atoms with Gasteiger partial charge in [-0.05, 0) is 43.7 Å². The number of aryl methyl sites for hydroxylation is 1. The van der Waals surface area contributed by atoms with Crippen molar-refractivity contribution in [1.82, 2.24) is 9.97 Å². The van der Waals surface area contributed by atoms with E-state index in [2.05, 4.69) is 28.3 Å². The van der Waals surface area contributed by atoms with E-state index < -0.39 is 0 Å². The molecule has 0 bridgehead atoms. The van der Waals surface area contributed by atoms with Crippen LogP contribution in [0.5, 0.6) is 0 Å². The molecule has 0 aliphatic rings. The molecule has 108 valence electrons. The lowest BCUT2D eigenvalue weighted by Gasteiger charge is -2.07. The normalized spacial score (nSPS) is 11.0. The molecular weight excluding hydrogens is 285 g/mol. The molecule has 2 heterocycles. The van der Waals surface area contributed by atoms with Gasteiger partial charge >= 0.3 is 0 Å². The number of halogens is 1. The number of nitrogens with zero attached hydrogens (tertiary/aromatic N) is 2.